The van der Waals surface area contributed by atoms with Crippen LogP contribution < -0.4 is 4.90 Å². The summed E-state index contributed by atoms with van der Waals surface area (Å²) in [5.74, 6) is 0. The van der Waals surface area contributed by atoms with E-state index in [0.717, 1.165) is 50.2 Å². The second kappa shape index (κ2) is 9.55. The molecule has 0 bridgehead atoms. The van der Waals surface area contributed by atoms with Gasteiger partial charge in [-0.25, -0.2) is 4.98 Å². The topological polar surface area (TPSA) is 44.5 Å². The van der Waals surface area contributed by atoms with Crippen molar-refractivity contribution in [2.75, 3.05) is 44.2 Å². The predicted molar refractivity (Wildman–Crippen MR) is 130 cm³/mol. The molecule has 164 valence electrons. The fourth-order valence-electron chi connectivity index (χ4n) is 4.73. The Balaban J connectivity index is 1.48. The Kier molecular flexibility index (Phi) is 6.19. The van der Waals surface area contributed by atoms with Gasteiger partial charge in [-0.1, -0.05) is 60.7 Å². The lowest BCUT2D eigenvalue weighted by atomic mass is 9.98. The molecule has 0 unspecified atom stereocenters. The Bertz CT molecular complexity index is 1090. The van der Waals surface area contributed by atoms with Gasteiger partial charge in [0.2, 0.25) is 0 Å². The number of benzene rings is 3. The van der Waals surface area contributed by atoms with E-state index in [0.29, 0.717) is 0 Å². The van der Waals surface area contributed by atoms with Gasteiger partial charge in [-0.05, 0) is 35.7 Å². The van der Waals surface area contributed by atoms with Crippen molar-refractivity contribution in [2.45, 2.75) is 12.5 Å². The third-order valence-corrected chi connectivity index (χ3v) is 6.44. The van der Waals surface area contributed by atoms with Crippen LogP contribution in [-0.2, 0) is 0 Å². The van der Waals surface area contributed by atoms with Crippen molar-refractivity contribution in [3.8, 4) is 0 Å². The smallest absolute Gasteiger partial charge is 0.0966 e. The van der Waals surface area contributed by atoms with Crippen LogP contribution in [0.25, 0.3) is 11.0 Å². The standard InChI is InChI=1S/C27H30N4O/c32-19-7-14-29-15-17-30(18-16-29)24-12-13-25-26(20-24)31(21-28-25)27(22-8-3-1-4-9-22)23-10-5-2-6-11-23/h1-6,8-13,20-21,27,32H,7,14-19H2. The van der Waals surface area contributed by atoms with Crippen LogP contribution in [-0.4, -0.2) is 58.9 Å². The number of aromatic nitrogens is 2. The van der Waals surface area contributed by atoms with E-state index in [4.69, 9.17) is 10.1 Å². The zero-order valence-corrected chi connectivity index (χ0v) is 18.3. The van der Waals surface area contributed by atoms with E-state index in [9.17, 15) is 0 Å². The van der Waals surface area contributed by atoms with Gasteiger partial charge >= 0.3 is 0 Å². The van der Waals surface area contributed by atoms with Gasteiger partial charge in [0, 0.05) is 45.0 Å². The molecule has 1 fully saturated rings. The summed E-state index contributed by atoms with van der Waals surface area (Å²) in [6, 6.07) is 28.0. The monoisotopic (exact) mass is 426 g/mol. The first-order valence-electron chi connectivity index (χ1n) is 11.5. The normalized spacial score (nSPS) is 15.0. The molecule has 3 aromatic carbocycles. The van der Waals surface area contributed by atoms with Crippen LogP contribution in [0.4, 0.5) is 5.69 Å². The van der Waals surface area contributed by atoms with Gasteiger partial charge in [0.25, 0.3) is 0 Å². The highest BCUT2D eigenvalue weighted by molar-refractivity contribution is 5.80. The summed E-state index contributed by atoms with van der Waals surface area (Å²) in [5, 5.41) is 9.10. The van der Waals surface area contributed by atoms with Crippen LogP contribution in [0.1, 0.15) is 23.6 Å². The molecule has 0 radical (unpaired) electrons. The second-order valence-corrected chi connectivity index (χ2v) is 8.45. The molecular formula is C27H30N4O. The van der Waals surface area contributed by atoms with E-state index >= 15 is 0 Å². The van der Waals surface area contributed by atoms with Crippen molar-refractivity contribution >= 4 is 16.7 Å². The molecular weight excluding hydrogens is 396 g/mol. The molecule has 5 heteroatoms. The van der Waals surface area contributed by atoms with E-state index in [2.05, 4.69) is 93.2 Å². The maximum absolute atomic E-state index is 9.10. The molecule has 1 aliphatic rings. The summed E-state index contributed by atoms with van der Waals surface area (Å²) in [5.41, 5.74) is 5.93. The molecule has 2 heterocycles. The van der Waals surface area contributed by atoms with Crippen molar-refractivity contribution in [1.29, 1.82) is 0 Å². The summed E-state index contributed by atoms with van der Waals surface area (Å²) in [4.78, 5) is 9.64. The lowest BCUT2D eigenvalue weighted by molar-refractivity contribution is 0.216. The van der Waals surface area contributed by atoms with Gasteiger partial charge in [-0.2, -0.15) is 0 Å². The van der Waals surface area contributed by atoms with Gasteiger partial charge in [-0.15, -0.1) is 0 Å². The average molecular weight is 427 g/mol. The van der Waals surface area contributed by atoms with E-state index in [1.807, 2.05) is 6.33 Å². The summed E-state index contributed by atoms with van der Waals surface area (Å²) in [6.45, 7) is 5.33. The average Bonchev–Trinajstić information content (AvgIpc) is 3.27. The molecule has 0 saturated carbocycles. The minimum Gasteiger partial charge on any atom is -0.396 e. The minimum absolute atomic E-state index is 0.0768. The van der Waals surface area contributed by atoms with Gasteiger partial charge in [-0.3, -0.25) is 4.90 Å². The Morgan fingerprint density at radius 1 is 0.812 bits per heavy atom. The second-order valence-electron chi connectivity index (χ2n) is 8.45. The van der Waals surface area contributed by atoms with Crippen molar-refractivity contribution in [3.05, 3.63) is 96.3 Å². The Hall–Kier alpha value is -3.15. The fraction of sp³-hybridized carbons (Fsp3) is 0.296. The van der Waals surface area contributed by atoms with Crippen molar-refractivity contribution in [2.24, 2.45) is 0 Å². The van der Waals surface area contributed by atoms with Crippen LogP contribution in [0.15, 0.2) is 85.2 Å². The molecule has 4 aromatic rings. The number of hydrogen-bond acceptors (Lipinski definition) is 4. The van der Waals surface area contributed by atoms with E-state index in [-0.39, 0.29) is 12.6 Å². The predicted octanol–water partition coefficient (Wildman–Crippen LogP) is 4.18. The number of imidazole rings is 1. The number of piperazine rings is 1. The van der Waals surface area contributed by atoms with Crippen LogP contribution >= 0.6 is 0 Å². The SMILES string of the molecule is OCCCN1CCN(c2ccc3ncn(C(c4ccccc4)c4ccccc4)c3c2)CC1. The lowest BCUT2D eigenvalue weighted by Crippen LogP contribution is -2.46. The summed E-state index contributed by atoms with van der Waals surface area (Å²) >= 11 is 0. The maximum atomic E-state index is 9.10. The largest absolute Gasteiger partial charge is 0.396 e. The van der Waals surface area contributed by atoms with Crippen molar-refractivity contribution in [3.63, 3.8) is 0 Å². The molecule has 32 heavy (non-hydrogen) atoms. The Morgan fingerprint density at radius 2 is 1.47 bits per heavy atom. The Morgan fingerprint density at radius 3 is 2.09 bits per heavy atom. The van der Waals surface area contributed by atoms with Crippen LogP contribution in [0.2, 0.25) is 0 Å². The highest BCUT2D eigenvalue weighted by Crippen LogP contribution is 2.31. The Labute approximate surface area is 189 Å². The molecule has 1 aliphatic heterocycles. The molecule has 0 amide bonds. The number of hydrogen-bond donors (Lipinski definition) is 1. The van der Waals surface area contributed by atoms with Gasteiger partial charge in [0.1, 0.15) is 0 Å². The third kappa shape index (κ3) is 4.27. The van der Waals surface area contributed by atoms with Crippen molar-refractivity contribution < 1.29 is 5.11 Å². The van der Waals surface area contributed by atoms with Crippen LogP contribution in [0.3, 0.4) is 0 Å². The van der Waals surface area contributed by atoms with E-state index in [1.165, 1.54) is 16.8 Å². The molecule has 1 aromatic heterocycles. The number of aliphatic hydroxyl groups excluding tert-OH is 1. The van der Waals surface area contributed by atoms with Gasteiger partial charge in [0.05, 0.1) is 23.4 Å². The number of rotatable bonds is 7. The first kappa shape index (κ1) is 20.7. The summed E-state index contributed by atoms with van der Waals surface area (Å²) < 4.78 is 2.31. The molecule has 0 aliphatic carbocycles. The zero-order valence-electron chi connectivity index (χ0n) is 18.3. The zero-order chi connectivity index (χ0) is 21.8. The number of fused-ring (bicyclic) bond motifs is 1. The van der Waals surface area contributed by atoms with E-state index in [1.54, 1.807) is 0 Å². The quantitative estimate of drug-likeness (QED) is 0.482. The van der Waals surface area contributed by atoms with Crippen molar-refractivity contribution in [1.82, 2.24) is 14.5 Å². The van der Waals surface area contributed by atoms with Crippen LogP contribution in [0, 0.1) is 0 Å². The molecule has 1 N–H and O–H groups in total. The molecule has 5 nitrogen and oxygen atoms in total. The maximum Gasteiger partial charge on any atom is 0.0966 e. The summed E-state index contributed by atoms with van der Waals surface area (Å²) in [7, 11) is 0. The van der Waals surface area contributed by atoms with Crippen LogP contribution in [0.5, 0.6) is 0 Å². The lowest BCUT2D eigenvalue weighted by Gasteiger charge is -2.36. The van der Waals surface area contributed by atoms with Gasteiger partial charge < -0.3 is 14.6 Å². The first-order valence-corrected chi connectivity index (χ1v) is 11.5. The fourth-order valence-corrected chi connectivity index (χ4v) is 4.73. The highest BCUT2D eigenvalue weighted by atomic mass is 16.3. The molecule has 0 spiro atoms. The van der Waals surface area contributed by atoms with Gasteiger partial charge in [0.15, 0.2) is 0 Å². The summed E-state index contributed by atoms with van der Waals surface area (Å²) in [6.07, 6.45) is 2.83. The minimum atomic E-state index is 0.0768. The third-order valence-electron chi connectivity index (χ3n) is 6.44. The molecule has 5 rings (SSSR count). The molecule has 1 saturated heterocycles. The van der Waals surface area contributed by atoms with E-state index < -0.39 is 0 Å². The number of aliphatic hydroxyl groups is 1. The highest BCUT2D eigenvalue weighted by Gasteiger charge is 2.21. The number of anilines is 1. The first-order chi connectivity index (χ1) is 15.8. The molecule has 0 atom stereocenters. The number of nitrogens with zero attached hydrogens (tertiary/aromatic N) is 4.